The Hall–Kier alpha value is -1.62. The SMILES string of the molecule is CC1=C[C@@](C)(CO)C[C@H]1n1ccc(N)nc1=O. The van der Waals surface area contributed by atoms with E-state index in [1.165, 1.54) is 0 Å². The van der Waals surface area contributed by atoms with Crippen molar-refractivity contribution in [2.24, 2.45) is 5.41 Å². The van der Waals surface area contributed by atoms with Gasteiger partial charge in [-0.05, 0) is 19.4 Å². The number of hydrogen-bond donors (Lipinski definition) is 2. The number of nitrogens with zero attached hydrogens (tertiary/aromatic N) is 2. The number of anilines is 1. The lowest BCUT2D eigenvalue weighted by Gasteiger charge is -2.21. The third-order valence-electron chi connectivity index (χ3n) is 3.31. The van der Waals surface area contributed by atoms with Gasteiger partial charge >= 0.3 is 5.69 Å². The van der Waals surface area contributed by atoms with Crippen molar-refractivity contribution in [3.63, 3.8) is 0 Å². The molecule has 0 bridgehead atoms. The van der Waals surface area contributed by atoms with Gasteiger partial charge in [-0.1, -0.05) is 18.6 Å². The fourth-order valence-corrected chi connectivity index (χ4v) is 2.40. The van der Waals surface area contributed by atoms with Gasteiger partial charge in [0.25, 0.3) is 0 Å². The summed E-state index contributed by atoms with van der Waals surface area (Å²) in [6, 6.07) is 1.58. The molecule has 5 heteroatoms. The normalized spacial score (nSPS) is 28.2. The van der Waals surface area contributed by atoms with Gasteiger partial charge < -0.3 is 10.8 Å². The molecule has 0 saturated heterocycles. The minimum atomic E-state index is -0.343. The Labute approximate surface area is 99.6 Å². The van der Waals surface area contributed by atoms with E-state index in [0.717, 1.165) is 5.57 Å². The summed E-state index contributed by atoms with van der Waals surface area (Å²) in [4.78, 5) is 15.5. The van der Waals surface area contributed by atoms with Gasteiger partial charge in [0.2, 0.25) is 0 Å². The topological polar surface area (TPSA) is 81.1 Å². The van der Waals surface area contributed by atoms with Gasteiger partial charge in [-0.3, -0.25) is 4.57 Å². The van der Waals surface area contributed by atoms with E-state index in [1.807, 2.05) is 19.9 Å². The van der Waals surface area contributed by atoms with Crippen LogP contribution in [0.4, 0.5) is 5.82 Å². The average molecular weight is 235 g/mol. The molecular formula is C12H17N3O2. The molecule has 0 unspecified atom stereocenters. The second-order valence-corrected chi connectivity index (χ2v) is 4.96. The Morgan fingerprint density at radius 3 is 2.94 bits per heavy atom. The molecule has 0 amide bonds. The standard InChI is InChI=1S/C12H17N3O2/c1-8-5-12(2,7-16)6-9(8)15-4-3-10(13)14-11(15)17/h3-5,9,16H,6-7H2,1-2H3,(H2,13,14,17)/t9-,12-/m1/s1. The molecule has 0 fully saturated rings. The van der Waals surface area contributed by atoms with Crippen LogP contribution < -0.4 is 11.4 Å². The summed E-state index contributed by atoms with van der Waals surface area (Å²) in [5.74, 6) is 0.232. The largest absolute Gasteiger partial charge is 0.395 e. The van der Waals surface area contributed by atoms with E-state index in [1.54, 1.807) is 16.8 Å². The minimum absolute atomic E-state index is 0.0345. The zero-order chi connectivity index (χ0) is 12.6. The fraction of sp³-hybridized carbons (Fsp3) is 0.500. The van der Waals surface area contributed by atoms with Crippen molar-refractivity contribution < 1.29 is 5.11 Å². The van der Waals surface area contributed by atoms with Crippen molar-refractivity contribution >= 4 is 5.82 Å². The van der Waals surface area contributed by atoms with E-state index in [-0.39, 0.29) is 29.6 Å². The predicted molar refractivity (Wildman–Crippen MR) is 65.5 cm³/mol. The number of nitrogen functional groups attached to an aromatic ring is 1. The Bertz CT molecular complexity index is 521. The number of nitrogens with two attached hydrogens (primary N) is 1. The van der Waals surface area contributed by atoms with Crippen LogP contribution in [-0.4, -0.2) is 21.3 Å². The lowest BCUT2D eigenvalue weighted by atomic mass is 9.90. The second-order valence-electron chi connectivity index (χ2n) is 4.96. The highest BCUT2D eigenvalue weighted by molar-refractivity contribution is 5.26. The molecule has 2 atom stereocenters. The van der Waals surface area contributed by atoms with Crippen LogP contribution in [0.15, 0.2) is 28.7 Å². The number of aliphatic hydroxyl groups excluding tert-OH is 1. The lowest BCUT2D eigenvalue weighted by Crippen LogP contribution is -2.28. The number of allylic oxidation sites excluding steroid dienone is 1. The fourth-order valence-electron chi connectivity index (χ4n) is 2.40. The first kappa shape index (κ1) is 11.9. The second kappa shape index (κ2) is 4.00. The van der Waals surface area contributed by atoms with Gasteiger partial charge in [-0.2, -0.15) is 4.98 Å². The van der Waals surface area contributed by atoms with Crippen molar-refractivity contribution in [1.29, 1.82) is 0 Å². The highest BCUT2D eigenvalue weighted by Crippen LogP contribution is 2.41. The summed E-state index contributed by atoms with van der Waals surface area (Å²) < 4.78 is 1.57. The summed E-state index contributed by atoms with van der Waals surface area (Å²) in [5, 5.41) is 9.35. The summed E-state index contributed by atoms with van der Waals surface area (Å²) in [6.45, 7) is 4.03. The summed E-state index contributed by atoms with van der Waals surface area (Å²) >= 11 is 0. The third kappa shape index (κ3) is 2.10. The summed E-state index contributed by atoms with van der Waals surface area (Å²) in [6.07, 6.45) is 4.40. The minimum Gasteiger partial charge on any atom is -0.395 e. The van der Waals surface area contributed by atoms with Gasteiger partial charge in [-0.25, -0.2) is 4.79 Å². The number of aromatic nitrogens is 2. The van der Waals surface area contributed by atoms with Crippen LogP contribution in [-0.2, 0) is 0 Å². The Kier molecular flexibility index (Phi) is 2.79. The van der Waals surface area contributed by atoms with Crippen molar-refractivity contribution in [3.8, 4) is 0 Å². The van der Waals surface area contributed by atoms with E-state index in [2.05, 4.69) is 4.98 Å². The summed E-state index contributed by atoms with van der Waals surface area (Å²) in [7, 11) is 0. The Balaban J connectivity index is 2.38. The molecule has 5 nitrogen and oxygen atoms in total. The number of aliphatic hydroxyl groups is 1. The molecule has 17 heavy (non-hydrogen) atoms. The molecule has 92 valence electrons. The van der Waals surface area contributed by atoms with Crippen LogP contribution in [0.25, 0.3) is 0 Å². The van der Waals surface area contributed by atoms with Gasteiger partial charge in [0.15, 0.2) is 0 Å². The zero-order valence-electron chi connectivity index (χ0n) is 10.1. The van der Waals surface area contributed by atoms with Gasteiger partial charge in [0, 0.05) is 11.6 Å². The van der Waals surface area contributed by atoms with Crippen molar-refractivity contribution in [3.05, 3.63) is 34.4 Å². The number of hydrogen-bond acceptors (Lipinski definition) is 4. The smallest absolute Gasteiger partial charge is 0.350 e. The molecule has 1 heterocycles. The van der Waals surface area contributed by atoms with E-state index < -0.39 is 0 Å². The predicted octanol–water partition coefficient (Wildman–Crippen LogP) is 0.715. The maximum atomic E-state index is 11.8. The van der Waals surface area contributed by atoms with Crippen molar-refractivity contribution in [1.82, 2.24) is 9.55 Å². The van der Waals surface area contributed by atoms with Crippen LogP contribution in [0.1, 0.15) is 26.3 Å². The summed E-state index contributed by atoms with van der Waals surface area (Å²) in [5.41, 5.74) is 5.94. The molecule has 0 spiro atoms. The van der Waals surface area contributed by atoms with E-state index in [4.69, 9.17) is 5.73 Å². The van der Waals surface area contributed by atoms with E-state index >= 15 is 0 Å². The zero-order valence-corrected chi connectivity index (χ0v) is 10.1. The molecule has 0 saturated carbocycles. The van der Waals surface area contributed by atoms with E-state index in [9.17, 15) is 9.90 Å². The first-order valence-corrected chi connectivity index (χ1v) is 5.60. The highest BCUT2D eigenvalue weighted by Gasteiger charge is 2.34. The first-order valence-electron chi connectivity index (χ1n) is 5.60. The van der Waals surface area contributed by atoms with Gasteiger partial charge in [-0.15, -0.1) is 0 Å². The van der Waals surface area contributed by atoms with Crippen LogP contribution in [0.3, 0.4) is 0 Å². The van der Waals surface area contributed by atoms with Crippen LogP contribution in [0.5, 0.6) is 0 Å². The van der Waals surface area contributed by atoms with Crippen LogP contribution in [0, 0.1) is 5.41 Å². The molecule has 2 rings (SSSR count). The average Bonchev–Trinajstić information content (AvgIpc) is 2.55. The first-order chi connectivity index (χ1) is 7.95. The third-order valence-corrected chi connectivity index (χ3v) is 3.31. The molecule has 1 aliphatic carbocycles. The molecule has 0 aromatic carbocycles. The maximum Gasteiger partial charge on any atom is 0.350 e. The lowest BCUT2D eigenvalue weighted by molar-refractivity contribution is 0.173. The Morgan fingerprint density at radius 1 is 1.71 bits per heavy atom. The monoisotopic (exact) mass is 235 g/mol. The van der Waals surface area contributed by atoms with Crippen LogP contribution >= 0.6 is 0 Å². The highest BCUT2D eigenvalue weighted by atomic mass is 16.3. The molecule has 1 aliphatic rings. The van der Waals surface area contributed by atoms with Crippen molar-refractivity contribution in [2.45, 2.75) is 26.3 Å². The number of rotatable bonds is 2. The molecule has 1 aromatic heterocycles. The maximum absolute atomic E-state index is 11.8. The molecule has 3 N–H and O–H groups in total. The van der Waals surface area contributed by atoms with E-state index in [0.29, 0.717) is 6.42 Å². The van der Waals surface area contributed by atoms with Crippen molar-refractivity contribution in [2.75, 3.05) is 12.3 Å². The molecule has 0 radical (unpaired) electrons. The molecular weight excluding hydrogens is 218 g/mol. The Morgan fingerprint density at radius 2 is 2.41 bits per heavy atom. The molecule has 0 aliphatic heterocycles. The van der Waals surface area contributed by atoms with Gasteiger partial charge in [0.05, 0.1) is 12.6 Å². The van der Waals surface area contributed by atoms with Crippen LogP contribution in [0.2, 0.25) is 0 Å². The molecule has 1 aromatic rings. The van der Waals surface area contributed by atoms with Gasteiger partial charge in [0.1, 0.15) is 5.82 Å². The quantitative estimate of drug-likeness (QED) is 0.740.